The van der Waals surface area contributed by atoms with Gasteiger partial charge in [-0.3, -0.25) is 4.79 Å². The van der Waals surface area contributed by atoms with Crippen LogP contribution in [-0.2, 0) is 9.63 Å². The van der Waals surface area contributed by atoms with E-state index in [9.17, 15) is 4.79 Å². The molecule has 0 spiro atoms. The second-order valence-electron chi connectivity index (χ2n) is 5.23. The molecule has 4 nitrogen and oxygen atoms in total. The van der Waals surface area contributed by atoms with Crippen LogP contribution in [0.15, 0.2) is 29.4 Å². The Morgan fingerprint density at radius 3 is 2.60 bits per heavy atom. The first kappa shape index (κ1) is 13.4. The topological polar surface area (TPSA) is 41.9 Å². The minimum absolute atomic E-state index is 0.0670. The van der Waals surface area contributed by atoms with E-state index in [-0.39, 0.29) is 5.91 Å². The summed E-state index contributed by atoms with van der Waals surface area (Å²) in [6.07, 6.45) is 3.46. The second kappa shape index (κ2) is 5.83. The van der Waals surface area contributed by atoms with Gasteiger partial charge in [0.1, 0.15) is 0 Å². The fourth-order valence-corrected chi connectivity index (χ4v) is 2.77. The molecule has 2 heterocycles. The van der Waals surface area contributed by atoms with E-state index < -0.39 is 6.10 Å². The Hall–Kier alpha value is -1.55. The maximum absolute atomic E-state index is 12.3. The van der Waals surface area contributed by atoms with Crippen molar-refractivity contribution in [3.8, 4) is 0 Å². The van der Waals surface area contributed by atoms with E-state index in [0.29, 0.717) is 11.4 Å². The molecule has 1 amide bonds. The molecule has 0 aliphatic carbocycles. The number of likely N-dealkylation sites (tertiary alicyclic amines) is 1. The van der Waals surface area contributed by atoms with Crippen LogP contribution in [0.4, 0.5) is 0 Å². The number of amides is 1. The molecule has 106 valence electrons. The monoisotopic (exact) mass is 292 g/mol. The molecule has 1 fully saturated rings. The van der Waals surface area contributed by atoms with Crippen LogP contribution in [0.1, 0.15) is 31.2 Å². The van der Waals surface area contributed by atoms with Crippen molar-refractivity contribution >= 4 is 23.2 Å². The first-order chi connectivity index (χ1) is 9.74. The van der Waals surface area contributed by atoms with Gasteiger partial charge in [0.15, 0.2) is 0 Å². The van der Waals surface area contributed by atoms with Gasteiger partial charge in [0.25, 0.3) is 5.91 Å². The number of hydrogen-bond acceptors (Lipinski definition) is 3. The van der Waals surface area contributed by atoms with Gasteiger partial charge >= 0.3 is 0 Å². The van der Waals surface area contributed by atoms with Gasteiger partial charge in [-0.25, -0.2) is 0 Å². The Balaban J connectivity index is 1.63. The third kappa shape index (κ3) is 2.80. The highest BCUT2D eigenvalue weighted by Crippen LogP contribution is 2.21. The molecular weight excluding hydrogens is 276 g/mol. The lowest BCUT2D eigenvalue weighted by Crippen LogP contribution is -2.42. The number of carbonyl (C=O) groups excluding carboxylic acids is 1. The minimum Gasteiger partial charge on any atom is -0.382 e. The van der Waals surface area contributed by atoms with Crippen molar-refractivity contribution in [1.82, 2.24) is 4.90 Å². The van der Waals surface area contributed by atoms with Crippen molar-refractivity contribution in [2.24, 2.45) is 5.16 Å². The van der Waals surface area contributed by atoms with E-state index >= 15 is 0 Å². The maximum Gasteiger partial charge on any atom is 0.266 e. The Morgan fingerprint density at radius 2 is 1.90 bits per heavy atom. The Kier molecular flexibility index (Phi) is 3.92. The van der Waals surface area contributed by atoms with Gasteiger partial charge in [0.05, 0.1) is 5.71 Å². The zero-order chi connectivity index (χ0) is 13.9. The summed E-state index contributed by atoms with van der Waals surface area (Å²) < 4.78 is 0. The third-order valence-electron chi connectivity index (χ3n) is 3.79. The van der Waals surface area contributed by atoms with E-state index in [1.807, 2.05) is 29.2 Å². The van der Waals surface area contributed by atoms with E-state index in [4.69, 9.17) is 16.4 Å². The highest BCUT2D eigenvalue weighted by atomic mass is 35.5. The molecule has 1 unspecified atom stereocenters. The summed E-state index contributed by atoms with van der Waals surface area (Å²) in [5.41, 5.74) is 1.78. The molecule has 0 aromatic heterocycles. The molecule has 0 saturated carbocycles. The van der Waals surface area contributed by atoms with Crippen molar-refractivity contribution in [2.45, 2.75) is 31.8 Å². The molecule has 1 aromatic rings. The van der Waals surface area contributed by atoms with Crippen LogP contribution in [0.25, 0.3) is 0 Å². The summed E-state index contributed by atoms with van der Waals surface area (Å²) in [6, 6.07) is 7.44. The Morgan fingerprint density at radius 1 is 1.20 bits per heavy atom. The van der Waals surface area contributed by atoms with Crippen LogP contribution in [0, 0.1) is 0 Å². The van der Waals surface area contributed by atoms with Gasteiger partial charge < -0.3 is 9.74 Å². The number of hydrogen-bond donors (Lipinski definition) is 0. The lowest BCUT2D eigenvalue weighted by molar-refractivity contribution is -0.143. The zero-order valence-corrected chi connectivity index (χ0v) is 12.0. The van der Waals surface area contributed by atoms with E-state index in [0.717, 1.165) is 37.2 Å². The second-order valence-corrected chi connectivity index (χ2v) is 5.67. The lowest BCUT2D eigenvalue weighted by atomic mass is 10.0. The molecule has 0 bridgehead atoms. The lowest BCUT2D eigenvalue weighted by Gasteiger charge is -2.28. The van der Waals surface area contributed by atoms with Crippen LogP contribution in [0.3, 0.4) is 0 Å². The van der Waals surface area contributed by atoms with Gasteiger partial charge in [0, 0.05) is 24.5 Å². The fourth-order valence-electron chi connectivity index (χ4n) is 2.64. The smallest absolute Gasteiger partial charge is 0.266 e. The van der Waals surface area contributed by atoms with Crippen molar-refractivity contribution in [3.05, 3.63) is 34.9 Å². The first-order valence-electron chi connectivity index (χ1n) is 7.01. The zero-order valence-electron chi connectivity index (χ0n) is 11.2. The molecular formula is C15H17ClN2O2. The Bertz CT molecular complexity index is 521. The van der Waals surface area contributed by atoms with E-state index in [1.165, 1.54) is 6.42 Å². The molecule has 0 radical (unpaired) electrons. The van der Waals surface area contributed by atoms with E-state index in [1.54, 1.807) is 0 Å². The number of oxime groups is 1. The summed E-state index contributed by atoms with van der Waals surface area (Å²) >= 11 is 5.87. The van der Waals surface area contributed by atoms with Crippen LogP contribution in [-0.4, -0.2) is 35.7 Å². The van der Waals surface area contributed by atoms with Gasteiger partial charge in [-0.2, -0.15) is 0 Å². The van der Waals surface area contributed by atoms with Crippen molar-refractivity contribution in [3.63, 3.8) is 0 Å². The number of carbonyl (C=O) groups is 1. The number of rotatable bonds is 2. The largest absolute Gasteiger partial charge is 0.382 e. The summed E-state index contributed by atoms with van der Waals surface area (Å²) in [4.78, 5) is 19.6. The summed E-state index contributed by atoms with van der Waals surface area (Å²) in [6.45, 7) is 1.68. The van der Waals surface area contributed by atoms with Gasteiger partial charge in [-0.15, -0.1) is 0 Å². The van der Waals surface area contributed by atoms with Crippen LogP contribution in [0.2, 0.25) is 5.02 Å². The summed E-state index contributed by atoms with van der Waals surface area (Å²) in [5.74, 6) is 0.0670. The number of benzene rings is 1. The molecule has 0 N–H and O–H groups in total. The van der Waals surface area contributed by atoms with Gasteiger partial charge in [-0.1, -0.05) is 28.9 Å². The summed E-state index contributed by atoms with van der Waals surface area (Å²) in [7, 11) is 0. The highest BCUT2D eigenvalue weighted by Gasteiger charge is 2.32. The third-order valence-corrected chi connectivity index (χ3v) is 4.04. The molecule has 5 heteroatoms. The average Bonchev–Trinajstić information content (AvgIpc) is 2.98. The van der Waals surface area contributed by atoms with E-state index in [2.05, 4.69) is 5.16 Å². The SMILES string of the molecule is O=C(C1CC(c2ccc(Cl)cc2)=NO1)N1CCCCC1. The number of halogens is 1. The quantitative estimate of drug-likeness (QED) is 0.841. The van der Waals surface area contributed by atoms with Crippen LogP contribution >= 0.6 is 11.6 Å². The normalized spacial score (nSPS) is 22.4. The van der Waals surface area contributed by atoms with Crippen molar-refractivity contribution in [1.29, 1.82) is 0 Å². The molecule has 20 heavy (non-hydrogen) atoms. The fraction of sp³-hybridized carbons (Fsp3) is 0.467. The van der Waals surface area contributed by atoms with Crippen LogP contribution in [0.5, 0.6) is 0 Å². The van der Waals surface area contributed by atoms with Crippen molar-refractivity contribution in [2.75, 3.05) is 13.1 Å². The van der Waals surface area contributed by atoms with Crippen LogP contribution < -0.4 is 0 Å². The highest BCUT2D eigenvalue weighted by molar-refractivity contribution is 6.30. The van der Waals surface area contributed by atoms with Gasteiger partial charge in [0.2, 0.25) is 6.10 Å². The molecule has 1 aromatic carbocycles. The molecule has 1 saturated heterocycles. The standard InChI is InChI=1S/C15H17ClN2O2/c16-12-6-4-11(5-7-12)13-10-14(20-17-13)15(19)18-8-2-1-3-9-18/h4-7,14H,1-3,8-10H2. The van der Waals surface area contributed by atoms with Gasteiger partial charge in [-0.05, 0) is 37.0 Å². The average molecular weight is 293 g/mol. The molecule has 2 aliphatic rings. The summed E-state index contributed by atoms with van der Waals surface area (Å²) in [5, 5.41) is 4.75. The number of nitrogens with zero attached hydrogens (tertiary/aromatic N) is 2. The molecule has 2 aliphatic heterocycles. The number of piperidine rings is 1. The predicted molar refractivity (Wildman–Crippen MR) is 77.9 cm³/mol. The maximum atomic E-state index is 12.3. The predicted octanol–water partition coefficient (Wildman–Crippen LogP) is 2.85. The first-order valence-corrected chi connectivity index (χ1v) is 7.39. The van der Waals surface area contributed by atoms with Crippen molar-refractivity contribution < 1.29 is 9.63 Å². The molecule has 1 atom stereocenters. The Labute approximate surface area is 123 Å². The molecule has 3 rings (SSSR count). The minimum atomic E-state index is -0.459.